The van der Waals surface area contributed by atoms with Crippen LogP contribution in [0.2, 0.25) is 0 Å². The Morgan fingerprint density at radius 3 is 2.52 bits per heavy atom. The molecular formula is C19H19NS. The van der Waals surface area contributed by atoms with Crippen molar-refractivity contribution in [2.24, 2.45) is 0 Å². The van der Waals surface area contributed by atoms with Crippen LogP contribution in [0.4, 0.5) is 0 Å². The summed E-state index contributed by atoms with van der Waals surface area (Å²) in [6.07, 6.45) is 5.42. The van der Waals surface area contributed by atoms with Gasteiger partial charge in [0, 0.05) is 22.2 Å². The van der Waals surface area contributed by atoms with E-state index in [4.69, 9.17) is 0 Å². The van der Waals surface area contributed by atoms with Crippen LogP contribution in [-0.2, 0) is 6.42 Å². The van der Waals surface area contributed by atoms with E-state index in [1.165, 1.54) is 40.0 Å². The van der Waals surface area contributed by atoms with Crippen LogP contribution in [-0.4, -0.2) is 10.7 Å². The zero-order valence-corrected chi connectivity index (χ0v) is 12.9. The third-order valence-corrected chi connectivity index (χ3v) is 4.67. The number of benzene rings is 2. The topological polar surface area (TPSA) is 12.9 Å². The maximum absolute atomic E-state index is 4.56. The molecule has 0 saturated carbocycles. The zero-order valence-electron chi connectivity index (χ0n) is 12.0. The van der Waals surface area contributed by atoms with E-state index in [0.29, 0.717) is 0 Å². The van der Waals surface area contributed by atoms with Crippen molar-refractivity contribution < 1.29 is 0 Å². The first-order valence-corrected chi connectivity index (χ1v) is 8.42. The molecule has 1 nitrogen and oxygen atoms in total. The van der Waals surface area contributed by atoms with E-state index < -0.39 is 0 Å². The number of unbranched alkanes of at least 4 members (excludes halogenated alkanes) is 1. The van der Waals surface area contributed by atoms with Crippen LogP contribution in [0.3, 0.4) is 0 Å². The molecule has 2 aromatic carbocycles. The number of nitrogens with zero attached hydrogens (tertiary/aromatic N) is 1. The second-order valence-electron chi connectivity index (χ2n) is 5.10. The normalized spacial score (nSPS) is 10.9. The smallest absolute Gasteiger partial charge is 0.0481 e. The highest BCUT2D eigenvalue weighted by Gasteiger charge is 2.01. The third-order valence-electron chi connectivity index (χ3n) is 3.58. The number of aryl methyl sites for hydroxylation is 1. The van der Waals surface area contributed by atoms with Gasteiger partial charge in [-0.2, -0.15) is 0 Å². The maximum Gasteiger partial charge on any atom is 0.0481 e. The summed E-state index contributed by atoms with van der Waals surface area (Å²) in [5.41, 5.74) is 1.23. The van der Waals surface area contributed by atoms with E-state index in [9.17, 15) is 0 Å². The van der Waals surface area contributed by atoms with Gasteiger partial charge in [-0.25, -0.2) is 0 Å². The van der Waals surface area contributed by atoms with Gasteiger partial charge >= 0.3 is 0 Å². The Morgan fingerprint density at radius 2 is 1.62 bits per heavy atom. The molecule has 0 aliphatic carbocycles. The van der Waals surface area contributed by atoms with Gasteiger partial charge in [0.1, 0.15) is 0 Å². The monoisotopic (exact) mass is 293 g/mol. The molecule has 2 heteroatoms. The van der Waals surface area contributed by atoms with E-state index >= 15 is 0 Å². The van der Waals surface area contributed by atoms with E-state index in [0.717, 1.165) is 6.42 Å². The van der Waals surface area contributed by atoms with Gasteiger partial charge in [0.15, 0.2) is 0 Å². The van der Waals surface area contributed by atoms with E-state index in [2.05, 4.69) is 65.6 Å². The first kappa shape index (κ1) is 14.2. The molecule has 0 bridgehead atoms. The molecule has 0 aliphatic rings. The lowest BCUT2D eigenvalue weighted by molar-refractivity contribution is 0.789. The minimum atomic E-state index is 1.07. The number of hydrogen-bond donors (Lipinski definition) is 0. The van der Waals surface area contributed by atoms with Gasteiger partial charge in [0.05, 0.1) is 0 Å². The summed E-state index contributed by atoms with van der Waals surface area (Å²) in [4.78, 5) is 5.92. The van der Waals surface area contributed by atoms with E-state index in [-0.39, 0.29) is 0 Å². The third kappa shape index (κ3) is 3.85. The van der Waals surface area contributed by atoms with E-state index in [1.54, 1.807) is 0 Å². The van der Waals surface area contributed by atoms with Crippen LogP contribution in [0.1, 0.15) is 18.5 Å². The first-order chi connectivity index (χ1) is 10.4. The van der Waals surface area contributed by atoms with Gasteiger partial charge < -0.3 is 0 Å². The summed E-state index contributed by atoms with van der Waals surface area (Å²) in [5.74, 6) is 1.18. The number of pyridine rings is 1. The predicted octanol–water partition coefficient (Wildman–Crippen LogP) is 5.35. The highest BCUT2D eigenvalue weighted by Crippen LogP contribution is 2.21. The molecule has 3 rings (SSSR count). The standard InChI is InChI=1S/C19H19NS/c1-2-9-17(10-3-1)21-15-7-6-12-19-18-11-5-4-8-16(18)13-14-20-19/h1-5,8-11,13-14H,6-7,12,15H2. The van der Waals surface area contributed by atoms with Crippen molar-refractivity contribution >= 4 is 22.5 Å². The van der Waals surface area contributed by atoms with Gasteiger partial charge in [-0.1, -0.05) is 42.5 Å². The molecule has 0 amide bonds. The van der Waals surface area contributed by atoms with Crippen molar-refractivity contribution in [2.45, 2.75) is 24.2 Å². The Kier molecular flexibility index (Phi) is 4.90. The summed E-state index contributed by atoms with van der Waals surface area (Å²) in [5, 5.41) is 2.59. The Balaban J connectivity index is 1.51. The molecule has 0 fully saturated rings. The molecule has 0 atom stereocenters. The maximum atomic E-state index is 4.56. The average molecular weight is 293 g/mol. The van der Waals surface area contributed by atoms with Crippen molar-refractivity contribution in [3.05, 3.63) is 72.6 Å². The molecular weight excluding hydrogens is 274 g/mol. The average Bonchev–Trinajstić information content (AvgIpc) is 2.56. The van der Waals surface area contributed by atoms with Crippen LogP contribution >= 0.6 is 11.8 Å². The van der Waals surface area contributed by atoms with Gasteiger partial charge in [0.2, 0.25) is 0 Å². The first-order valence-electron chi connectivity index (χ1n) is 7.44. The molecule has 0 spiro atoms. The van der Waals surface area contributed by atoms with Crippen LogP contribution in [0, 0.1) is 0 Å². The van der Waals surface area contributed by atoms with Crippen LogP contribution in [0.25, 0.3) is 10.8 Å². The van der Waals surface area contributed by atoms with Crippen LogP contribution in [0.15, 0.2) is 71.8 Å². The number of rotatable bonds is 6. The molecule has 21 heavy (non-hydrogen) atoms. The van der Waals surface area contributed by atoms with Crippen molar-refractivity contribution in [2.75, 3.05) is 5.75 Å². The van der Waals surface area contributed by atoms with Gasteiger partial charge in [-0.15, -0.1) is 11.8 Å². The minimum absolute atomic E-state index is 1.07. The fraction of sp³-hybridized carbons (Fsp3) is 0.211. The SMILES string of the molecule is c1ccc(SCCCCc2nccc3ccccc23)cc1. The molecule has 0 N–H and O–H groups in total. The second-order valence-corrected chi connectivity index (χ2v) is 6.27. The number of aromatic nitrogens is 1. The largest absolute Gasteiger partial charge is 0.261 e. The lowest BCUT2D eigenvalue weighted by Crippen LogP contribution is -1.93. The Morgan fingerprint density at radius 1 is 0.810 bits per heavy atom. The van der Waals surface area contributed by atoms with Crippen LogP contribution < -0.4 is 0 Å². The fourth-order valence-electron chi connectivity index (χ4n) is 2.48. The van der Waals surface area contributed by atoms with Gasteiger partial charge in [0.25, 0.3) is 0 Å². The van der Waals surface area contributed by atoms with Gasteiger partial charge in [-0.3, -0.25) is 4.98 Å². The Bertz CT molecular complexity index is 689. The van der Waals surface area contributed by atoms with Gasteiger partial charge in [-0.05, 0) is 48.6 Å². The predicted molar refractivity (Wildman–Crippen MR) is 91.8 cm³/mol. The molecule has 0 unspecified atom stereocenters. The highest BCUT2D eigenvalue weighted by molar-refractivity contribution is 7.99. The highest BCUT2D eigenvalue weighted by atomic mass is 32.2. The molecule has 0 saturated heterocycles. The summed E-state index contributed by atoms with van der Waals surface area (Å²) < 4.78 is 0. The Labute approximate surface area is 130 Å². The summed E-state index contributed by atoms with van der Waals surface area (Å²) >= 11 is 1.94. The minimum Gasteiger partial charge on any atom is -0.261 e. The van der Waals surface area contributed by atoms with Crippen molar-refractivity contribution in [1.82, 2.24) is 4.98 Å². The summed E-state index contributed by atoms with van der Waals surface area (Å²) in [7, 11) is 0. The zero-order chi connectivity index (χ0) is 14.3. The van der Waals surface area contributed by atoms with Crippen molar-refractivity contribution in [3.63, 3.8) is 0 Å². The second kappa shape index (κ2) is 7.28. The molecule has 106 valence electrons. The lowest BCUT2D eigenvalue weighted by atomic mass is 10.1. The summed E-state index contributed by atoms with van der Waals surface area (Å²) in [6, 6.07) is 21.2. The van der Waals surface area contributed by atoms with Crippen LogP contribution in [0.5, 0.6) is 0 Å². The Hall–Kier alpha value is -1.80. The fourth-order valence-corrected chi connectivity index (χ4v) is 3.42. The molecule has 3 aromatic rings. The molecule has 1 heterocycles. The quantitative estimate of drug-likeness (QED) is 0.449. The van der Waals surface area contributed by atoms with E-state index in [1.807, 2.05) is 18.0 Å². The van der Waals surface area contributed by atoms with Crippen molar-refractivity contribution in [1.29, 1.82) is 0 Å². The lowest BCUT2D eigenvalue weighted by Gasteiger charge is -2.05. The number of hydrogen-bond acceptors (Lipinski definition) is 2. The molecule has 0 aliphatic heterocycles. The van der Waals surface area contributed by atoms with Crippen molar-refractivity contribution in [3.8, 4) is 0 Å². The number of thioether (sulfide) groups is 1. The summed E-state index contributed by atoms with van der Waals surface area (Å²) in [6.45, 7) is 0. The number of fused-ring (bicyclic) bond motifs is 1. The molecule has 0 radical (unpaired) electrons. The molecule has 1 aromatic heterocycles.